The maximum absolute atomic E-state index is 9.10. The van der Waals surface area contributed by atoms with Gasteiger partial charge in [0.15, 0.2) is 0 Å². The van der Waals surface area contributed by atoms with Gasteiger partial charge in [0.2, 0.25) is 0 Å². The highest BCUT2D eigenvalue weighted by Gasteiger charge is 2.07. The van der Waals surface area contributed by atoms with Crippen LogP contribution in [0.2, 0.25) is 0 Å². The summed E-state index contributed by atoms with van der Waals surface area (Å²) in [6, 6.07) is 7.81. The lowest BCUT2D eigenvalue weighted by molar-refractivity contribution is -0.159. The monoisotopic (exact) mass is 405 g/mol. The molecule has 0 bridgehead atoms. The molecule has 0 atom stereocenters. The van der Waals surface area contributed by atoms with Gasteiger partial charge in [0.05, 0.1) is 17.7 Å². The third kappa shape index (κ3) is 12.9. The fraction of sp³-hybridized carbons (Fsp3) is 0.500. The number of halogens is 1. The van der Waals surface area contributed by atoms with Gasteiger partial charge in [0, 0.05) is 12.1 Å². The minimum atomic E-state index is -1.82. The number of hydrogen-bond donors (Lipinski definition) is 3. The highest BCUT2D eigenvalue weighted by Crippen LogP contribution is 2.23. The molecule has 1 aromatic rings. The lowest BCUT2D eigenvalue weighted by Gasteiger charge is -2.20. The number of para-hydroxylation sites is 1. The number of nitrogens with one attached hydrogen (secondary N) is 1. The Labute approximate surface area is 150 Å². The molecule has 0 fully saturated rings. The summed E-state index contributed by atoms with van der Waals surface area (Å²) < 4.78 is 12.1. The third-order valence-corrected chi connectivity index (χ3v) is 3.06. The van der Waals surface area contributed by atoms with E-state index >= 15 is 0 Å². The van der Waals surface area contributed by atoms with Gasteiger partial charge in [-0.15, -0.1) is 0 Å². The van der Waals surface area contributed by atoms with Crippen LogP contribution in [0.5, 0.6) is 5.75 Å². The van der Waals surface area contributed by atoms with E-state index < -0.39 is 11.9 Å². The molecular weight excluding hydrogens is 382 g/mol. The number of carboxylic acids is 2. The van der Waals surface area contributed by atoms with E-state index in [-0.39, 0.29) is 5.54 Å². The van der Waals surface area contributed by atoms with E-state index in [1.165, 1.54) is 0 Å². The molecule has 0 saturated heterocycles. The molecule has 1 aromatic carbocycles. The molecule has 0 amide bonds. The van der Waals surface area contributed by atoms with Crippen LogP contribution in [0, 0.1) is 0 Å². The Bertz CT molecular complexity index is 504. The molecule has 0 unspecified atom stereocenters. The van der Waals surface area contributed by atoms with Crippen molar-refractivity contribution >= 4 is 27.9 Å². The zero-order chi connectivity index (χ0) is 18.6. The first-order valence-corrected chi connectivity index (χ1v) is 8.09. The fourth-order valence-electron chi connectivity index (χ4n) is 1.37. The molecule has 0 aliphatic heterocycles. The second kappa shape index (κ2) is 11.8. The first-order chi connectivity index (χ1) is 11.1. The Kier molecular flexibility index (Phi) is 11.0. The predicted octanol–water partition coefficient (Wildman–Crippen LogP) is 2.39. The Balaban J connectivity index is 0.000000754. The summed E-state index contributed by atoms with van der Waals surface area (Å²) in [5.74, 6) is -2.79. The van der Waals surface area contributed by atoms with Gasteiger partial charge in [-0.1, -0.05) is 12.1 Å². The van der Waals surface area contributed by atoms with Crippen LogP contribution < -0.4 is 10.1 Å². The van der Waals surface area contributed by atoms with Crippen molar-refractivity contribution in [1.29, 1.82) is 0 Å². The van der Waals surface area contributed by atoms with E-state index in [2.05, 4.69) is 42.0 Å². The summed E-state index contributed by atoms with van der Waals surface area (Å²) in [6.07, 6.45) is 0. The number of carbonyl (C=O) groups is 2. The van der Waals surface area contributed by atoms with E-state index in [4.69, 9.17) is 29.3 Å². The Hall–Kier alpha value is -1.64. The largest absolute Gasteiger partial charge is 0.490 e. The van der Waals surface area contributed by atoms with Gasteiger partial charge in [-0.05, 0) is 48.8 Å². The van der Waals surface area contributed by atoms with E-state index in [0.717, 1.165) is 16.8 Å². The van der Waals surface area contributed by atoms with Crippen molar-refractivity contribution in [2.24, 2.45) is 0 Å². The van der Waals surface area contributed by atoms with Crippen molar-refractivity contribution in [2.75, 3.05) is 26.4 Å². The van der Waals surface area contributed by atoms with Crippen molar-refractivity contribution in [3.8, 4) is 5.75 Å². The van der Waals surface area contributed by atoms with Crippen molar-refractivity contribution in [3.63, 3.8) is 0 Å². The van der Waals surface area contributed by atoms with Crippen LogP contribution in [0.15, 0.2) is 28.7 Å². The van der Waals surface area contributed by atoms with Crippen LogP contribution in [0.3, 0.4) is 0 Å². The number of carboxylic acid groups (broad SMARTS) is 2. The second-order valence-electron chi connectivity index (χ2n) is 5.68. The van der Waals surface area contributed by atoms with Crippen LogP contribution >= 0.6 is 15.9 Å². The number of hydrogen-bond acceptors (Lipinski definition) is 5. The minimum Gasteiger partial charge on any atom is -0.490 e. The molecule has 0 saturated carbocycles. The molecule has 0 spiro atoms. The van der Waals surface area contributed by atoms with Crippen LogP contribution in [0.1, 0.15) is 20.8 Å². The van der Waals surface area contributed by atoms with Gasteiger partial charge in [-0.3, -0.25) is 0 Å². The standard InChI is InChI=1S/C14H22BrNO2.C2H2O4/c1-14(2,3)16-8-9-17-10-11-18-13-7-5-4-6-12(13)15;3-1(4)2(5)6/h4-7,16H,8-11H2,1-3H3;(H,3,4)(H,5,6). The van der Waals surface area contributed by atoms with Gasteiger partial charge >= 0.3 is 11.9 Å². The highest BCUT2D eigenvalue weighted by molar-refractivity contribution is 9.10. The average Bonchev–Trinajstić information content (AvgIpc) is 2.47. The quantitative estimate of drug-likeness (QED) is 0.472. The predicted molar refractivity (Wildman–Crippen MR) is 93.5 cm³/mol. The molecule has 0 radical (unpaired) electrons. The number of aliphatic carboxylic acids is 2. The van der Waals surface area contributed by atoms with Gasteiger partial charge in [0.1, 0.15) is 12.4 Å². The number of rotatable bonds is 7. The van der Waals surface area contributed by atoms with Crippen molar-refractivity contribution < 1.29 is 29.3 Å². The summed E-state index contributed by atoms with van der Waals surface area (Å²) in [5, 5.41) is 18.1. The summed E-state index contributed by atoms with van der Waals surface area (Å²) in [4.78, 5) is 18.2. The zero-order valence-electron chi connectivity index (χ0n) is 14.0. The molecule has 24 heavy (non-hydrogen) atoms. The van der Waals surface area contributed by atoms with Gasteiger partial charge < -0.3 is 25.0 Å². The van der Waals surface area contributed by atoms with Crippen molar-refractivity contribution in [3.05, 3.63) is 28.7 Å². The number of benzene rings is 1. The van der Waals surface area contributed by atoms with Gasteiger partial charge in [0.25, 0.3) is 0 Å². The molecule has 7 nitrogen and oxygen atoms in total. The van der Waals surface area contributed by atoms with E-state index in [1.807, 2.05) is 24.3 Å². The lowest BCUT2D eigenvalue weighted by Crippen LogP contribution is -2.38. The molecule has 0 aromatic heterocycles. The molecule has 0 aliphatic carbocycles. The minimum absolute atomic E-state index is 0.148. The molecule has 0 aliphatic rings. The Morgan fingerprint density at radius 1 is 1.08 bits per heavy atom. The first-order valence-electron chi connectivity index (χ1n) is 7.30. The molecule has 136 valence electrons. The van der Waals surface area contributed by atoms with E-state index in [0.29, 0.717) is 19.8 Å². The average molecular weight is 406 g/mol. The lowest BCUT2D eigenvalue weighted by atomic mass is 10.1. The Morgan fingerprint density at radius 2 is 1.67 bits per heavy atom. The topological polar surface area (TPSA) is 105 Å². The van der Waals surface area contributed by atoms with Crippen LogP contribution in [-0.2, 0) is 14.3 Å². The van der Waals surface area contributed by atoms with Gasteiger partial charge in [-0.2, -0.15) is 0 Å². The van der Waals surface area contributed by atoms with Crippen molar-refractivity contribution in [1.82, 2.24) is 5.32 Å². The normalized spacial score (nSPS) is 10.5. The Morgan fingerprint density at radius 3 is 2.17 bits per heavy atom. The maximum Gasteiger partial charge on any atom is 0.414 e. The molecular formula is C16H24BrNO6. The van der Waals surface area contributed by atoms with Crippen LogP contribution in [0.25, 0.3) is 0 Å². The second-order valence-corrected chi connectivity index (χ2v) is 6.53. The first kappa shape index (κ1) is 22.4. The maximum atomic E-state index is 9.10. The molecule has 3 N–H and O–H groups in total. The van der Waals surface area contributed by atoms with Crippen LogP contribution in [-0.4, -0.2) is 54.1 Å². The summed E-state index contributed by atoms with van der Waals surface area (Å²) in [5.41, 5.74) is 0.148. The van der Waals surface area contributed by atoms with E-state index in [9.17, 15) is 0 Å². The van der Waals surface area contributed by atoms with Crippen molar-refractivity contribution in [2.45, 2.75) is 26.3 Å². The third-order valence-electron chi connectivity index (χ3n) is 2.41. The van der Waals surface area contributed by atoms with Gasteiger partial charge in [-0.25, -0.2) is 9.59 Å². The smallest absolute Gasteiger partial charge is 0.414 e. The number of ether oxygens (including phenoxy) is 2. The SMILES string of the molecule is CC(C)(C)NCCOCCOc1ccccc1Br.O=C(O)C(=O)O. The highest BCUT2D eigenvalue weighted by atomic mass is 79.9. The molecule has 1 rings (SSSR count). The van der Waals surface area contributed by atoms with E-state index in [1.54, 1.807) is 0 Å². The molecule has 0 heterocycles. The molecule has 8 heteroatoms. The van der Waals surface area contributed by atoms with Crippen LogP contribution in [0.4, 0.5) is 0 Å². The zero-order valence-corrected chi connectivity index (χ0v) is 15.6. The summed E-state index contributed by atoms with van der Waals surface area (Å²) >= 11 is 3.44. The summed E-state index contributed by atoms with van der Waals surface area (Å²) in [7, 11) is 0. The fourth-order valence-corrected chi connectivity index (χ4v) is 1.77. The summed E-state index contributed by atoms with van der Waals surface area (Å²) in [6.45, 7) is 9.16.